The molecule has 0 aliphatic carbocycles. The van der Waals surface area contributed by atoms with Crippen LogP contribution in [0.15, 0.2) is 127 Å². The molecule has 0 saturated carbocycles. The molecule has 0 heterocycles. The summed E-state index contributed by atoms with van der Waals surface area (Å²) in [5.74, 6) is -0.426. The van der Waals surface area contributed by atoms with Gasteiger partial charge in [0.05, 0.1) is 34.4 Å². The van der Waals surface area contributed by atoms with Crippen LogP contribution in [-0.4, -0.2) is 69.0 Å². The van der Waals surface area contributed by atoms with Gasteiger partial charge in [0.15, 0.2) is 0 Å². The van der Waals surface area contributed by atoms with E-state index in [1.54, 1.807) is 0 Å². The highest BCUT2D eigenvalue weighted by Gasteiger charge is 2.39. The Morgan fingerprint density at radius 1 is 0.704 bits per heavy atom. The zero-order valence-corrected chi connectivity index (χ0v) is 33.8. The van der Waals surface area contributed by atoms with Gasteiger partial charge >= 0.3 is 13.8 Å². The normalized spacial score (nSPS) is 14.2. The van der Waals surface area contributed by atoms with Gasteiger partial charge in [-0.3, -0.25) is 13.8 Å². The molecule has 9 heteroatoms. The van der Waals surface area contributed by atoms with E-state index in [0.717, 1.165) is 48.8 Å². The Hall–Kier alpha value is -3.62. The summed E-state index contributed by atoms with van der Waals surface area (Å²) in [5, 5.41) is 0. The minimum absolute atomic E-state index is 0.0264. The van der Waals surface area contributed by atoms with Gasteiger partial charge in [0.1, 0.15) is 24.9 Å². The van der Waals surface area contributed by atoms with Crippen molar-refractivity contribution in [2.45, 2.75) is 82.8 Å². The Labute approximate surface area is 324 Å². The van der Waals surface area contributed by atoms with Crippen LogP contribution in [-0.2, 0) is 33.5 Å². The van der Waals surface area contributed by atoms with Crippen molar-refractivity contribution in [1.82, 2.24) is 0 Å². The molecular weight excluding hydrogens is 697 g/mol. The first-order valence-electron chi connectivity index (χ1n) is 19.4. The fraction of sp³-hybridized carbons (Fsp3) is 0.444. The Kier molecular flexibility index (Phi) is 20.5. The lowest BCUT2D eigenvalue weighted by Gasteiger charge is -2.37. The number of phosphoric acid groups is 1. The van der Waals surface area contributed by atoms with Crippen LogP contribution in [0.4, 0.5) is 0 Å². The van der Waals surface area contributed by atoms with Gasteiger partial charge in [-0.15, -0.1) is 0 Å². The van der Waals surface area contributed by atoms with Crippen LogP contribution >= 0.6 is 7.82 Å². The standard InChI is InChI=1S/C45H62NO7P/c1-5-6-7-8-9-10-11-12-13-14-15-16-17-18-28-35-44(47)53-43(39-52-54(48,49)51-37-36-46(2,3)4)38-50-45(40-29-22-19-23-30-40,41-31-24-20-25-32-41)42-33-26-21-27-34-42/h9-10,12-13,15-16,19-27,29-34,43H,5-8,11,14,17-18,28,35-39H2,1-4H3/p+1/t43-/m1/s1. The van der Waals surface area contributed by atoms with Crippen molar-refractivity contribution in [1.29, 1.82) is 0 Å². The minimum atomic E-state index is -4.44. The smallest absolute Gasteiger partial charge is 0.457 e. The van der Waals surface area contributed by atoms with E-state index in [4.69, 9.17) is 18.5 Å². The highest BCUT2D eigenvalue weighted by Crippen LogP contribution is 2.44. The molecule has 0 aliphatic rings. The van der Waals surface area contributed by atoms with Crippen molar-refractivity contribution in [3.8, 4) is 0 Å². The van der Waals surface area contributed by atoms with Gasteiger partial charge in [0.2, 0.25) is 0 Å². The second-order valence-electron chi connectivity index (χ2n) is 14.4. The van der Waals surface area contributed by atoms with E-state index >= 15 is 0 Å². The fourth-order valence-electron chi connectivity index (χ4n) is 5.81. The van der Waals surface area contributed by atoms with Crippen molar-refractivity contribution in [3.63, 3.8) is 0 Å². The predicted octanol–water partition coefficient (Wildman–Crippen LogP) is 10.3. The number of esters is 1. The van der Waals surface area contributed by atoms with Crippen LogP contribution < -0.4 is 0 Å². The van der Waals surface area contributed by atoms with Crippen LogP contribution in [0.2, 0.25) is 0 Å². The van der Waals surface area contributed by atoms with Crippen molar-refractivity contribution in [3.05, 3.63) is 144 Å². The maximum absolute atomic E-state index is 13.2. The Bertz CT molecular complexity index is 1490. The molecule has 3 aromatic rings. The number of ether oxygens (including phenoxy) is 2. The second-order valence-corrected chi connectivity index (χ2v) is 15.9. The lowest BCUT2D eigenvalue weighted by molar-refractivity contribution is -0.870. The maximum atomic E-state index is 13.2. The van der Waals surface area contributed by atoms with Crippen LogP contribution in [0.3, 0.4) is 0 Å². The molecule has 0 fully saturated rings. The highest BCUT2D eigenvalue weighted by atomic mass is 31.2. The number of nitrogens with zero attached hydrogens (tertiary/aromatic N) is 1. The minimum Gasteiger partial charge on any atom is -0.457 e. The van der Waals surface area contributed by atoms with E-state index in [-0.39, 0.29) is 26.2 Å². The zero-order chi connectivity index (χ0) is 39.0. The molecule has 0 radical (unpaired) electrons. The van der Waals surface area contributed by atoms with Gasteiger partial charge in [-0.05, 0) is 61.6 Å². The molecule has 1 N–H and O–H groups in total. The molecule has 1 unspecified atom stereocenters. The molecule has 3 aromatic carbocycles. The highest BCUT2D eigenvalue weighted by molar-refractivity contribution is 7.47. The molecule has 2 atom stereocenters. The van der Waals surface area contributed by atoms with Gasteiger partial charge in [0.25, 0.3) is 0 Å². The van der Waals surface area contributed by atoms with E-state index in [0.29, 0.717) is 17.4 Å². The van der Waals surface area contributed by atoms with Crippen LogP contribution in [0.25, 0.3) is 0 Å². The summed E-state index contributed by atoms with van der Waals surface area (Å²) in [6.07, 6.45) is 21.5. The molecule has 0 amide bonds. The number of benzene rings is 3. The number of allylic oxidation sites excluding steroid dienone is 6. The third-order valence-electron chi connectivity index (χ3n) is 8.79. The molecule has 0 bridgehead atoms. The SMILES string of the molecule is CCCCCC=CCC=CCC=CCCCCC(=O)O[C@H](COC(c1ccccc1)(c1ccccc1)c1ccccc1)COP(=O)(O)OCC[N+](C)(C)C. The van der Waals surface area contributed by atoms with E-state index < -0.39 is 25.5 Å². The second kappa shape index (κ2) is 24.7. The van der Waals surface area contributed by atoms with Crippen molar-refractivity contribution < 1.29 is 37.3 Å². The summed E-state index contributed by atoms with van der Waals surface area (Å²) >= 11 is 0. The third kappa shape index (κ3) is 17.2. The van der Waals surface area contributed by atoms with Crippen LogP contribution in [0.5, 0.6) is 0 Å². The summed E-state index contributed by atoms with van der Waals surface area (Å²) in [4.78, 5) is 23.7. The lowest BCUT2D eigenvalue weighted by Crippen LogP contribution is -2.38. The van der Waals surface area contributed by atoms with Crippen molar-refractivity contribution in [2.75, 3.05) is 47.5 Å². The summed E-state index contributed by atoms with van der Waals surface area (Å²) < 4.78 is 36.9. The first-order chi connectivity index (χ1) is 26.1. The molecular formula is C45H63NO7P+. The number of quaternary nitrogens is 1. The number of hydrogen-bond donors (Lipinski definition) is 1. The number of phosphoric ester groups is 1. The van der Waals surface area contributed by atoms with Crippen LogP contribution in [0.1, 0.15) is 87.8 Å². The number of likely N-dealkylation sites (N-methyl/N-ethyl adjacent to an activating group) is 1. The summed E-state index contributed by atoms with van der Waals surface area (Å²) in [5.41, 5.74) is 1.56. The van der Waals surface area contributed by atoms with Crippen molar-refractivity contribution in [2.24, 2.45) is 0 Å². The fourth-order valence-corrected chi connectivity index (χ4v) is 6.56. The van der Waals surface area contributed by atoms with E-state index in [9.17, 15) is 14.3 Å². The average molecular weight is 761 g/mol. The molecule has 0 spiro atoms. The van der Waals surface area contributed by atoms with Crippen molar-refractivity contribution >= 4 is 13.8 Å². The van der Waals surface area contributed by atoms with Gasteiger partial charge in [-0.2, -0.15) is 0 Å². The molecule has 294 valence electrons. The average Bonchev–Trinajstić information content (AvgIpc) is 3.16. The Balaban J connectivity index is 1.66. The van der Waals surface area contributed by atoms with E-state index in [1.807, 2.05) is 112 Å². The topological polar surface area (TPSA) is 91.3 Å². The Morgan fingerprint density at radius 2 is 1.19 bits per heavy atom. The number of hydrogen-bond acceptors (Lipinski definition) is 6. The number of carbonyl (C=O) groups is 1. The number of rotatable bonds is 27. The number of unbranched alkanes of at least 4 members (excludes halogenated alkanes) is 5. The molecule has 3 rings (SSSR count). The van der Waals surface area contributed by atoms with Gasteiger partial charge in [-0.1, -0.05) is 147 Å². The largest absolute Gasteiger partial charge is 0.472 e. The van der Waals surface area contributed by atoms with E-state index in [1.165, 1.54) is 19.3 Å². The lowest BCUT2D eigenvalue weighted by atomic mass is 9.80. The predicted molar refractivity (Wildman–Crippen MR) is 219 cm³/mol. The summed E-state index contributed by atoms with van der Waals surface area (Å²) in [7, 11) is 1.44. The third-order valence-corrected chi connectivity index (χ3v) is 9.77. The quantitative estimate of drug-likeness (QED) is 0.0207. The van der Waals surface area contributed by atoms with Gasteiger partial charge in [0, 0.05) is 6.42 Å². The van der Waals surface area contributed by atoms with Crippen LogP contribution in [0, 0.1) is 0 Å². The monoisotopic (exact) mass is 760 g/mol. The number of carbonyl (C=O) groups excluding carboxylic acids is 1. The molecule has 0 aromatic heterocycles. The molecule has 0 saturated heterocycles. The van der Waals surface area contributed by atoms with Gasteiger partial charge in [-0.25, -0.2) is 4.57 Å². The summed E-state index contributed by atoms with van der Waals surface area (Å²) in [6, 6.07) is 29.6. The molecule has 0 aliphatic heterocycles. The van der Waals surface area contributed by atoms with Gasteiger partial charge < -0.3 is 18.9 Å². The zero-order valence-electron chi connectivity index (χ0n) is 32.9. The Morgan fingerprint density at radius 3 is 1.67 bits per heavy atom. The first-order valence-corrected chi connectivity index (χ1v) is 20.9. The maximum Gasteiger partial charge on any atom is 0.472 e. The first kappa shape index (κ1) is 44.8. The van der Waals surface area contributed by atoms with E-state index in [2.05, 4.69) is 43.4 Å². The molecule has 8 nitrogen and oxygen atoms in total. The molecule has 54 heavy (non-hydrogen) atoms. The summed E-state index contributed by atoms with van der Waals surface area (Å²) in [6.45, 7) is 2.25.